The lowest BCUT2D eigenvalue weighted by atomic mass is 9.96. The molecule has 1 aliphatic carbocycles. The van der Waals surface area contributed by atoms with Crippen molar-refractivity contribution < 1.29 is 4.79 Å². The Balaban J connectivity index is 2.44. The smallest absolute Gasteiger partial charge is 0.223 e. The number of nitrogens with two attached hydrogens (primary N) is 1. The lowest BCUT2D eigenvalue weighted by Crippen LogP contribution is -2.42. The molecular weight excluding hydrogens is 212 g/mol. The molecule has 1 unspecified atom stereocenters. The van der Waals surface area contributed by atoms with Crippen LogP contribution in [0.4, 0.5) is 0 Å². The van der Waals surface area contributed by atoms with Crippen LogP contribution in [0.2, 0.25) is 0 Å². The molecule has 3 nitrogen and oxygen atoms in total. The van der Waals surface area contributed by atoms with Crippen LogP contribution >= 0.6 is 0 Å². The molecule has 0 heterocycles. The highest BCUT2D eigenvalue weighted by molar-refractivity contribution is 5.78. The second kappa shape index (κ2) is 7.70. The average molecular weight is 240 g/mol. The summed E-state index contributed by atoms with van der Waals surface area (Å²) in [5.74, 6) is 0.976. The summed E-state index contributed by atoms with van der Waals surface area (Å²) in [5.41, 5.74) is 5.60. The van der Waals surface area contributed by atoms with Gasteiger partial charge in [-0.05, 0) is 31.7 Å². The third kappa shape index (κ3) is 5.07. The lowest BCUT2D eigenvalue weighted by molar-refractivity contribution is -0.126. The third-order valence-corrected chi connectivity index (χ3v) is 3.84. The summed E-state index contributed by atoms with van der Waals surface area (Å²) in [5, 5.41) is 3.20. The fourth-order valence-electron chi connectivity index (χ4n) is 2.59. The van der Waals surface area contributed by atoms with Crippen molar-refractivity contribution in [1.29, 1.82) is 0 Å². The summed E-state index contributed by atoms with van der Waals surface area (Å²) < 4.78 is 0. The van der Waals surface area contributed by atoms with Crippen LogP contribution in [0.15, 0.2) is 0 Å². The van der Waals surface area contributed by atoms with Crippen molar-refractivity contribution in [2.75, 3.05) is 6.54 Å². The summed E-state index contributed by atoms with van der Waals surface area (Å²) in [7, 11) is 0. The quantitative estimate of drug-likeness (QED) is 0.725. The zero-order valence-electron chi connectivity index (χ0n) is 11.4. The minimum Gasteiger partial charge on any atom is -0.353 e. The second-order valence-corrected chi connectivity index (χ2v) is 5.62. The summed E-state index contributed by atoms with van der Waals surface area (Å²) in [6.07, 6.45) is 8.03. The number of nitrogens with one attached hydrogen (secondary N) is 1. The molecule has 1 aliphatic rings. The first-order valence-electron chi connectivity index (χ1n) is 7.15. The number of rotatable bonds is 5. The van der Waals surface area contributed by atoms with E-state index < -0.39 is 0 Å². The van der Waals surface area contributed by atoms with Gasteiger partial charge in [0, 0.05) is 12.0 Å². The first-order valence-corrected chi connectivity index (χ1v) is 7.15. The van der Waals surface area contributed by atoms with Gasteiger partial charge in [-0.2, -0.15) is 0 Å². The molecule has 0 saturated heterocycles. The zero-order chi connectivity index (χ0) is 12.7. The van der Waals surface area contributed by atoms with Crippen LogP contribution in [0.1, 0.15) is 58.8 Å². The number of carbonyl (C=O) groups excluding carboxylic acids is 1. The van der Waals surface area contributed by atoms with E-state index in [1.54, 1.807) is 0 Å². The maximum Gasteiger partial charge on any atom is 0.223 e. The molecule has 0 aliphatic heterocycles. The van der Waals surface area contributed by atoms with Gasteiger partial charge < -0.3 is 11.1 Å². The van der Waals surface area contributed by atoms with Crippen LogP contribution in [0.5, 0.6) is 0 Å². The van der Waals surface area contributed by atoms with Gasteiger partial charge in [0.15, 0.2) is 0 Å². The van der Waals surface area contributed by atoms with E-state index in [1.807, 2.05) is 0 Å². The average Bonchev–Trinajstić information content (AvgIpc) is 2.56. The van der Waals surface area contributed by atoms with E-state index in [1.165, 1.54) is 25.7 Å². The highest BCUT2D eigenvalue weighted by atomic mass is 16.1. The standard InChI is InChI=1S/C14H28N2O/c1-11(2)13(9-10-15)16-14(17)12-7-5-3-4-6-8-12/h11-13H,3-10,15H2,1-2H3,(H,16,17). The highest BCUT2D eigenvalue weighted by Gasteiger charge is 2.23. The summed E-state index contributed by atoms with van der Waals surface area (Å²) in [6, 6.07) is 0.246. The largest absolute Gasteiger partial charge is 0.353 e. The van der Waals surface area contributed by atoms with Gasteiger partial charge in [0.05, 0.1) is 0 Å². The molecule has 1 amide bonds. The van der Waals surface area contributed by atoms with E-state index in [4.69, 9.17) is 5.73 Å². The van der Waals surface area contributed by atoms with Crippen LogP contribution in [0.3, 0.4) is 0 Å². The Hall–Kier alpha value is -0.570. The van der Waals surface area contributed by atoms with Gasteiger partial charge in [-0.1, -0.05) is 39.5 Å². The van der Waals surface area contributed by atoms with Crippen molar-refractivity contribution in [2.45, 2.75) is 64.8 Å². The molecule has 1 fully saturated rings. The Morgan fingerprint density at radius 3 is 2.29 bits per heavy atom. The van der Waals surface area contributed by atoms with Crippen molar-refractivity contribution in [3.8, 4) is 0 Å². The minimum atomic E-state index is 0.246. The fraction of sp³-hybridized carbons (Fsp3) is 0.929. The molecule has 3 N–H and O–H groups in total. The van der Waals surface area contributed by atoms with Crippen molar-refractivity contribution in [3.05, 3.63) is 0 Å². The summed E-state index contributed by atoms with van der Waals surface area (Å²) >= 11 is 0. The monoisotopic (exact) mass is 240 g/mol. The molecule has 3 heteroatoms. The van der Waals surface area contributed by atoms with Crippen molar-refractivity contribution >= 4 is 5.91 Å². The van der Waals surface area contributed by atoms with E-state index in [0.717, 1.165) is 19.3 Å². The van der Waals surface area contributed by atoms with E-state index in [2.05, 4.69) is 19.2 Å². The van der Waals surface area contributed by atoms with Gasteiger partial charge in [-0.15, -0.1) is 0 Å². The Bertz CT molecular complexity index is 220. The Labute approximate surface area is 106 Å². The van der Waals surface area contributed by atoms with Gasteiger partial charge in [0.25, 0.3) is 0 Å². The SMILES string of the molecule is CC(C)C(CCN)NC(=O)C1CCCCCC1. The predicted octanol–water partition coefficient (Wildman–Crippen LogP) is 2.45. The number of hydrogen-bond donors (Lipinski definition) is 2. The lowest BCUT2D eigenvalue weighted by Gasteiger charge is -2.24. The molecule has 1 saturated carbocycles. The fourth-order valence-corrected chi connectivity index (χ4v) is 2.59. The Kier molecular flexibility index (Phi) is 6.56. The Morgan fingerprint density at radius 1 is 1.24 bits per heavy atom. The van der Waals surface area contributed by atoms with E-state index in [9.17, 15) is 4.79 Å². The molecule has 1 rings (SSSR count). The molecule has 1 atom stereocenters. The van der Waals surface area contributed by atoms with Crippen LogP contribution in [0, 0.1) is 11.8 Å². The summed E-state index contributed by atoms with van der Waals surface area (Å²) in [6.45, 7) is 4.94. The maximum absolute atomic E-state index is 12.2. The molecule has 0 aromatic heterocycles. The summed E-state index contributed by atoms with van der Waals surface area (Å²) in [4.78, 5) is 12.2. The number of carbonyl (C=O) groups is 1. The van der Waals surface area contributed by atoms with Crippen LogP contribution < -0.4 is 11.1 Å². The molecule has 0 radical (unpaired) electrons. The van der Waals surface area contributed by atoms with Crippen molar-refractivity contribution in [2.24, 2.45) is 17.6 Å². The third-order valence-electron chi connectivity index (χ3n) is 3.84. The van der Waals surface area contributed by atoms with Crippen LogP contribution in [0.25, 0.3) is 0 Å². The van der Waals surface area contributed by atoms with Gasteiger partial charge in [-0.3, -0.25) is 4.79 Å². The van der Waals surface area contributed by atoms with Gasteiger partial charge in [0.1, 0.15) is 0 Å². The topological polar surface area (TPSA) is 55.1 Å². The Morgan fingerprint density at radius 2 is 1.82 bits per heavy atom. The highest BCUT2D eigenvalue weighted by Crippen LogP contribution is 2.23. The number of hydrogen-bond acceptors (Lipinski definition) is 2. The molecule has 0 aromatic rings. The van der Waals surface area contributed by atoms with E-state index in [0.29, 0.717) is 12.5 Å². The maximum atomic E-state index is 12.2. The first-order chi connectivity index (χ1) is 8.15. The molecular formula is C14H28N2O. The number of amides is 1. The minimum absolute atomic E-state index is 0.246. The molecule has 100 valence electrons. The second-order valence-electron chi connectivity index (χ2n) is 5.62. The van der Waals surface area contributed by atoms with Crippen LogP contribution in [-0.4, -0.2) is 18.5 Å². The normalized spacial score (nSPS) is 20.0. The molecule has 0 aromatic carbocycles. The van der Waals surface area contributed by atoms with Crippen molar-refractivity contribution in [3.63, 3.8) is 0 Å². The van der Waals surface area contributed by atoms with Gasteiger partial charge >= 0.3 is 0 Å². The van der Waals surface area contributed by atoms with Crippen molar-refractivity contribution in [1.82, 2.24) is 5.32 Å². The first kappa shape index (κ1) is 14.5. The van der Waals surface area contributed by atoms with Gasteiger partial charge in [-0.25, -0.2) is 0 Å². The molecule has 0 bridgehead atoms. The zero-order valence-corrected chi connectivity index (χ0v) is 11.4. The van der Waals surface area contributed by atoms with Crippen LogP contribution in [-0.2, 0) is 4.79 Å². The molecule has 17 heavy (non-hydrogen) atoms. The van der Waals surface area contributed by atoms with Gasteiger partial charge in [0.2, 0.25) is 5.91 Å². The molecule has 0 spiro atoms. The predicted molar refractivity (Wildman–Crippen MR) is 71.6 cm³/mol. The van der Waals surface area contributed by atoms with E-state index >= 15 is 0 Å². The van der Waals surface area contributed by atoms with E-state index in [-0.39, 0.29) is 17.9 Å².